The Hall–Kier alpha value is -0.800. The maximum Gasteiger partial charge on any atom is 0.191 e. The van der Waals surface area contributed by atoms with Gasteiger partial charge in [-0.25, -0.2) is 0 Å². The molecule has 0 fully saturated rings. The molecule has 0 aromatic carbocycles. The Kier molecular flexibility index (Phi) is 18.0. The van der Waals surface area contributed by atoms with E-state index in [9.17, 15) is 0 Å². The van der Waals surface area contributed by atoms with Crippen LogP contribution in [0.15, 0.2) is 27.8 Å². The van der Waals surface area contributed by atoms with Gasteiger partial charge in [-0.3, -0.25) is 4.99 Å². The lowest BCUT2D eigenvalue weighted by Crippen LogP contribution is -2.37. The van der Waals surface area contributed by atoms with Crippen LogP contribution in [0.1, 0.15) is 51.2 Å². The smallest absolute Gasteiger partial charge is 0.191 e. The van der Waals surface area contributed by atoms with Crippen molar-refractivity contribution < 1.29 is 9.15 Å². The molecular formula is C20H39IN4O2. The average Bonchev–Trinajstić information content (AvgIpc) is 3.13. The van der Waals surface area contributed by atoms with Crippen LogP contribution < -0.4 is 10.6 Å². The Bertz CT molecular complexity index is 453. The second kappa shape index (κ2) is 18.6. The van der Waals surface area contributed by atoms with Crippen LogP contribution in [0.2, 0.25) is 0 Å². The minimum absolute atomic E-state index is 0. The third-order valence-electron chi connectivity index (χ3n) is 3.96. The van der Waals surface area contributed by atoms with E-state index in [1.165, 1.54) is 38.6 Å². The number of furan rings is 1. The van der Waals surface area contributed by atoms with Crippen molar-refractivity contribution in [2.24, 2.45) is 4.99 Å². The number of halogens is 1. The third kappa shape index (κ3) is 15.9. The molecule has 0 radical (unpaired) electrons. The van der Waals surface area contributed by atoms with Crippen LogP contribution in [-0.2, 0) is 11.3 Å². The van der Waals surface area contributed by atoms with E-state index in [4.69, 9.17) is 9.15 Å². The zero-order chi connectivity index (χ0) is 18.9. The van der Waals surface area contributed by atoms with Gasteiger partial charge in [-0.05, 0) is 59.0 Å². The Labute approximate surface area is 182 Å². The minimum Gasteiger partial charge on any atom is -0.467 e. The number of nitrogens with one attached hydrogen (secondary N) is 2. The Balaban J connectivity index is 0.00000676. The Morgan fingerprint density at radius 1 is 1.11 bits per heavy atom. The molecule has 27 heavy (non-hydrogen) atoms. The molecule has 0 aliphatic heterocycles. The molecule has 0 unspecified atom stereocenters. The van der Waals surface area contributed by atoms with Crippen LogP contribution >= 0.6 is 24.0 Å². The molecule has 0 spiro atoms. The van der Waals surface area contributed by atoms with Crippen molar-refractivity contribution in [3.8, 4) is 0 Å². The topological polar surface area (TPSA) is 62.0 Å². The molecule has 1 aromatic heterocycles. The fourth-order valence-corrected chi connectivity index (χ4v) is 2.56. The Morgan fingerprint density at radius 2 is 1.89 bits per heavy atom. The van der Waals surface area contributed by atoms with Crippen molar-refractivity contribution in [2.45, 2.75) is 52.1 Å². The molecule has 158 valence electrons. The largest absolute Gasteiger partial charge is 0.467 e. The standard InChI is InChI=1S/C20H38N4O2.HI/c1-4-21-20(22-13-8-6-5-7-9-15-24(2)3)23-14-11-16-25-18-19-12-10-17-26-19;/h10,12,17H,4-9,11,13-16,18H2,1-3H3,(H2,21,22,23);1H. The fourth-order valence-electron chi connectivity index (χ4n) is 2.56. The van der Waals surface area contributed by atoms with Gasteiger partial charge in [0.25, 0.3) is 0 Å². The number of unbranched alkanes of at least 4 members (excludes halogenated alkanes) is 4. The van der Waals surface area contributed by atoms with Crippen molar-refractivity contribution in [1.29, 1.82) is 0 Å². The van der Waals surface area contributed by atoms with Gasteiger partial charge < -0.3 is 24.7 Å². The summed E-state index contributed by atoms with van der Waals surface area (Å²) in [5.74, 6) is 1.77. The molecule has 0 atom stereocenters. The van der Waals surface area contributed by atoms with E-state index in [1.807, 2.05) is 12.1 Å². The van der Waals surface area contributed by atoms with Crippen LogP contribution in [0, 0.1) is 0 Å². The second-order valence-electron chi connectivity index (χ2n) is 6.74. The summed E-state index contributed by atoms with van der Waals surface area (Å²) >= 11 is 0. The van der Waals surface area contributed by atoms with Gasteiger partial charge in [0.05, 0.1) is 6.26 Å². The molecule has 0 saturated heterocycles. The first kappa shape index (κ1) is 26.2. The number of guanidine groups is 1. The molecule has 7 heteroatoms. The number of hydrogen-bond acceptors (Lipinski definition) is 4. The molecule has 6 nitrogen and oxygen atoms in total. The number of nitrogens with zero attached hydrogens (tertiary/aromatic N) is 2. The fraction of sp³-hybridized carbons (Fsp3) is 0.750. The van der Waals surface area contributed by atoms with Gasteiger partial charge in [-0.15, -0.1) is 24.0 Å². The van der Waals surface area contributed by atoms with Crippen LogP contribution in [0.25, 0.3) is 0 Å². The van der Waals surface area contributed by atoms with Crippen LogP contribution in [0.5, 0.6) is 0 Å². The summed E-state index contributed by atoms with van der Waals surface area (Å²) in [4.78, 5) is 6.85. The maximum absolute atomic E-state index is 5.57. The predicted octanol–water partition coefficient (Wildman–Crippen LogP) is 3.87. The normalized spacial score (nSPS) is 11.5. The Morgan fingerprint density at radius 3 is 2.59 bits per heavy atom. The molecule has 0 aliphatic rings. The first-order valence-corrected chi connectivity index (χ1v) is 9.99. The van der Waals surface area contributed by atoms with Gasteiger partial charge >= 0.3 is 0 Å². The summed E-state index contributed by atoms with van der Waals surface area (Å²) in [6.07, 6.45) is 8.98. The highest BCUT2D eigenvalue weighted by molar-refractivity contribution is 14.0. The van der Waals surface area contributed by atoms with Gasteiger partial charge in [0, 0.05) is 26.2 Å². The third-order valence-corrected chi connectivity index (χ3v) is 3.96. The highest BCUT2D eigenvalue weighted by atomic mass is 127. The van der Waals surface area contributed by atoms with Crippen molar-refractivity contribution in [3.05, 3.63) is 24.2 Å². The van der Waals surface area contributed by atoms with Crippen molar-refractivity contribution >= 4 is 29.9 Å². The average molecular weight is 494 g/mol. The van der Waals surface area contributed by atoms with Crippen LogP contribution in [0.4, 0.5) is 0 Å². The quantitative estimate of drug-likeness (QED) is 0.168. The van der Waals surface area contributed by atoms with Crippen molar-refractivity contribution in [2.75, 3.05) is 46.9 Å². The molecule has 1 aromatic rings. The van der Waals surface area contributed by atoms with E-state index < -0.39 is 0 Å². The number of aliphatic imine (C=N–C) groups is 1. The lowest BCUT2D eigenvalue weighted by atomic mass is 10.1. The summed E-state index contributed by atoms with van der Waals surface area (Å²) in [5.41, 5.74) is 0. The van der Waals surface area contributed by atoms with Gasteiger partial charge in [0.2, 0.25) is 0 Å². The molecule has 0 amide bonds. The first-order chi connectivity index (χ1) is 12.7. The summed E-state index contributed by atoms with van der Waals surface area (Å²) in [6, 6.07) is 3.80. The van der Waals surface area contributed by atoms with Gasteiger partial charge in [0.15, 0.2) is 5.96 Å². The van der Waals surface area contributed by atoms with E-state index >= 15 is 0 Å². The summed E-state index contributed by atoms with van der Waals surface area (Å²) < 4.78 is 10.8. The second-order valence-corrected chi connectivity index (χ2v) is 6.74. The summed E-state index contributed by atoms with van der Waals surface area (Å²) in [7, 11) is 4.27. The lowest BCUT2D eigenvalue weighted by molar-refractivity contribution is 0.105. The molecular weight excluding hydrogens is 455 g/mol. The van der Waals surface area contributed by atoms with Gasteiger partial charge in [-0.2, -0.15) is 0 Å². The zero-order valence-electron chi connectivity index (χ0n) is 17.3. The van der Waals surface area contributed by atoms with Crippen LogP contribution in [-0.4, -0.2) is 57.7 Å². The SMILES string of the molecule is CCNC(=NCCCOCc1ccco1)NCCCCCCCN(C)C.I. The van der Waals surface area contributed by atoms with E-state index in [2.05, 4.69) is 41.5 Å². The number of ether oxygens (including phenoxy) is 1. The summed E-state index contributed by atoms with van der Waals surface area (Å²) in [5, 5.41) is 6.72. The molecule has 0 aliphatic carbocycles. The number of hydrogen-bond donors (Lipinski definition) is 2. The van der Waals surface area contributed by atoms with E-state index in [0.717, 1.165) is 37.8 Å². The summed E-state index contributed by atoms with van der Waals surface area (Å²) in [6.45, 7) is 7.13. The molecule has 1 rings (SSSR count). The molecule has 1 heterocycles. The highest BCUT2D eigenvalue weighted by Crippen LogP contribution is 2.03. The molecule has 0 saturated carbocycles. The first-order valence-electron chi connectivity index (χ1n) is 9.99. The van der Waals surface area contributed by atoms with Crippen molar-refractivity contribution in [3.63, 3.8) is 0 Å². The lowest BCUT2D eigenvalue weighted by Gasteiger charge is -2.11. The molecule has 2 N–H and O–H groups in total. The monoisotopic (exact) mass is 494 g/mol. The van der Waals surface area contributed by atoms with Crippen molar-refractivity contribution in [1.82, 2.24) is 15.5 Å². The van der Waals surface area contributed by atoms with E-state index in [1.54, 1.807) is 6.26 Å². The van der Waals surface area contributed by atoms with E-state index in [-0.39, 0.29) is 24.0 Å². The maximum atomic E-state index is 5.57. The van der Waals surface area contributed by atoms with E-state index in [0.29, 0.717) is 13.2 Å². The van der Waals surface area contributed by atoms with Gasteiger partial charge in [-0.1, -0.05) is 19.3 Å². The zero-order valence-corrected chi connectivity index (χ0v) is 19.7. The molecule has 0 bridgehead atoms. The minimum atomic E-state index is 0. The predicted molar refractivity (Wildman–Crippen MR) is 124 cm³/mol. The van der Waals surface area contributed by atoms with Gasteiger partial charge in [0.1, 0.15) is 12.4 Å². The van der Waals surface area contributed by atoms with Crippen LogP contribution in [0.3, 0.4) is 0 Å². The highest BCUT2D eigenvalue weighted by Gasteiger charge is 1.98. The number of rotatable bonds is 15.